The van der Waals surface area contributed by atoms with Crippen molar-refractivity contribution in [2.75, 3.05) is 0 Å². The first-order valence-electron chi connectivity index (χ1n) is 8.78. The van der Waals surface area contributed by atoms with Crippen LogP contribution in [0.5, 0.6) is 0 Å². The molecule has 132 valence electrons. The van der Waals surface area contributed by atoms with E-state index in [9.17, 15) is 4.79 Å². The molecule has 1 heterocycles. The molecule has 0 N–H and O–H groups in total. The average Bonchev–Trinajstić information content (AvgIpc) is 2.86. The van der Waals surface area contributed by atoms with Gasteiger partial charge in [0.25, 0.3) is 0 Å². The van der Waals surface area contributed by atoms with Crippen LogP contribution in [0.3, 0.4) is 0 Å². The van der Waals surface area contributed by atoms with Gasteiger partial charge in [-0.1, -0.05) is 18.2 Å². The van der Waals surface area contributed by atoms with Gasteiger partial charge in [-0.2, -0.15) is 0 Å². The number of hydrogen-bond donors (Lipinski definition) is 0. The maximum absolute atomic E-state index is 11.5. The summed E-state index contributed by atoms with van der Waals surface area (Å²) in [4.78, 5) is 16.1. The third kappa shape index (κ3) is 3.67. The van der Waals surface area contributed by atoms with E-state index >= 15 is 0 Å². The highest BCUT2D eigenvalue weighted by molar-refractivity contribution is 5.95. The minimum Gasteiger partial charge on any atom is -0.318 e. The molecule has 0 spiro atoms. The highest BCUT2D eigenvalue weighted by atomic mass is 16.1. The number of hydrogen-bond acceptors (Lipinski definition) is 2. The first-order chi connectivity index (χ1) is 12.3. The standard InChI is InChI=1S/C23H24N2O/c1-15-9-16(2)11-23(10-15)25-17(3)12-21(18(25)4)14-24-22-8-6-7-20(13-22)19(5)26/h6-14H,1-5H3. The number of ketones is 1. The number of nitrogens with zero attached hydrogens (tertiary/aromatic N) is 2. The second-order valence-electron chi connectivity index (χ2n) is 6.87. The van der Waals surface area contributed by atoms with Crippen molar-refractivity contribution >= 4 is 17.7 Å². The van der Waals surface area contributed by atoms with Crippen LogP contribution in [0, 0.1) is 27.7 Å². The molecule has 26 heavy (non-hydrogen) atoms. The minimum atomic E-state index is 0.0510. The van der Waals surface area contributed by atoms with Crippen LogP contribution in [0.2, 0.25) is 0 Å². The van der Waals surface area contributed by atoms with Gasteiger partial charge in [0, 0.05) is 34.4 Å². The quantitative estimate of drug-likeness (QED) is 0.444. The lowest BCUT2D eigenvalue weighted by Crippen LogP contribution is -2.00. The molecular formula is C23H24N2O. The number of aliphatic imine (C=N–C) groups is 1. The number of carbonyl (C=O) groups excluding carboxylic acids is 1. The smallest absolute Gasteiger partial charge is 0.159 e. The predicted octanol–water partition coefficient (Wildman–Crippen LogP) is 5.66. The lowest BCUT2D eigenvalue weighted by atomic mass is 10.1. The Morgan fingerprint density at radius 2 is 1.65 bits per heavy atom. The van der Waals surface area contributed by atoms with Gasteiger partial charge in [0.05, 0.1) is 5.69 Å². The maximum Gasteiger partial charge on any atom is 0.159 e. The summed E-state index contributed by atoms with van der Waals surface area (Å²) in [7, 11) is 0. The monoisotopic (exact) mass is 344 g/mol. The summed E-state index contributed by atoms with van der Waals surface area (Å²) in [6.45, 7) is 10.0. The molecule has 2 aromatic carbocycles. The Hall–Kier alpha value is -2.94. The first-order valence-corrected chi connectivity index (χ1v) is 8.78. The van der Waals surface area contributed by atoms with Crippen molar-refractivity contribution in [3.8, 4) is 5.69 Å². The van der Waals surface area contributed by atoms with Gasteiger partial charge in [-0.25, -0.2) is 0 Å². The number of aryl methyl sites for hydroxylation is 3. The Labute approximate surface area is 155 Å². The topological polar surface area (TPSA) is 34.4 Å². The van der Waals surface area contributed by atoms with Crippen molar-refractivity contribution in [1.29, 1.82) is 0 Å². The molecule has 0 fully saturated rings. The predicted molar refractivity (Wildman–Crippen MR) is 108 cm³/mol. The zero-order valence-corrected chi connectivity index (χ0v) is 16.0. The second-order valence-corrected chi connectivity index (χ2v) is 6.87. The van der Waals surface area contributed by atoms with Gasteiger partial charge in [0.2, 0.25) is 0 Å². The second kappa shape index (κ2) is 7.12. The third-order valence-corrected chi connectivity index (χ3v) is 4.54. The van der Waals surface area contributed by atoms with E-state index in [1.54, 1.807) is 6.92 Å². The highest BCUT2D eigenvalue weighted by Gasteiger charge is 2.10. The third-order valence-electron chi connectivity index (χ3n) is 4.54. The number of rotatable bonds is 4. The number of benzene rings is 2. The van der Waals surface area contributed by atoms with Gasteiger partial charge in [-0.3, -0.25) is 9.79 Å². The Bertz CT molecular complexity index is 989. The van der Waals surface area contributed by atoms with Crippen molar-refractivity contribution in [1.82, 2.24) is 4.57 Å². The van der Waals surface area contributed by atoms with Crippen LogP contribution in [-0.2, 0) is 0 Å². The van der Waals surface area contributed by atoms with Gasteiger partial charge in [-0.05, 0) is 76.1 Å². The van der Waals surface area contributed by atoms with Gasteiger partial charge in [0.1, 0.15) is 0 Å². The van der Waals surface area contributed by atoms with Crippen molar-refractivity contribution in [2.24, 2.45) is 4.99 Å². The summed E-state index contributed by atoms with van der Waals surface area (Å²) in [6, 6.07) is 16.1. The molecule has 1 aromatic heterocycles. The van der Waals surface area contributed by atoms with Crippen molar-refractivity contribution in [3.63, 3.8) is 0 Å². The van der Waals surface area contributed by atoms with E-state index in [1.807, 2.05) is 30.5 Å². The van der Waals surface area contributed by atoms with Crippen LogP contribution in [0.25, 0.3) is 5.69 Å². The van der Waals surface area contributed by atoms with Crippen molar-refractivity contribution in [3.05, 3.63) is 82.2 Å². The molecule has 0 aliphatic rings. The molecule has 3 aromatic rings. The van der Waals surface area contributed by atoms with Crippen LogP contribution in [-0.4, -0.2) is 16.6 Å². The molecule has 0 atom stereocenters. The van der Waals surface area contributed by atoms with Gasteiger partial charge in [-0.15, -0.1) is 0 Å². The Morgan fingerprint density at radius 1 is 0.962 bits per heavy atom. The minimum absolute atomic E-state index is 0.0510. The summed E-state index contributed by atoms with van der Waals surface area (Å²) in [5.41, 5.74) is 8.55. The van der Waals surface area contributed by atoms with E-state index in [0.29, 0.717) is 5.56 Å². The maximum atomic E-state index is 11.5. The largest absolute Gasteiger partial charge is 0.318 e. The Balaban J connectivity index is 1.98. The van der Waals surface area contributed by atoms with Crippen LogP contribution >= 0.6 is 0 Å². The zero-order valence-electron chi connectivity index (χ0n) is 16.0. The average molecular weight is 344 g/mol. The lowest BCUT2D eigenvalue weighted by molar-refractivity contribution is 0.101. The summed E-state index contributed by atoms with van der Waals surface area (Å²) in [5.74, 6) is 0.0510. The number of carbonyl (C=O) groups is 1. The van der Waals surface area contributed by atoms with Crippen LogP contribution in [0.1, 0.15) is 45.4 Å². The highest BCUT2D eigenvalue weighted by Crippen LogP contribution is 2.23. The Morgan fingerprint density at radius 3 is 2.31 bits per heavy atom. The SMILES string of the molecule is CC(=O)c1cccc(N=Cc2cc(C)n(-c3cc(C)cc(C)c3)c2C)c1. The molecule has 3 nitrogen and oxygen atoms in total. The fourth-order valence-corrected chi connectivity index (χ4v) is 3.34. The summed E-state index contributed by atoms with van der Waals surface area (Å²) >= 11 is 0. The normalized spacial score (nSPS) is 11.3. The fraction of sp³-hybridized carbons (Fsp3) is 0.217. The molecule has 0 aliphatic heterocycles. The molecule has 0 aliphatic carbocycles. The molecule has 0 saturated carbocycles. The molecule has 0 unspecified atom stereocenters. The van der Waals surface area contributed by atoms with Crippen LogP contribution in [0.15, 0.2) is 53.5 Å². The molecule has 3 heteroatoms. The molecule has 0 bridgehead atoms. The molecule has 0 radical (unpaired) electrons. The summed E-state index contributed by atoms with van der Waals surface area (Å²) in [5, 5.41) is 0. The van der Waals surface area contributed by atoms with E-state index in [0.717, 1.165) is 16.9 Å². The number of Topliss-reactive ketones (excluding diaryl/α,β-unsaturated/α-hetero) is 1. The van der Waals surface area contributed by atoms with Crippen LogP contribution < -0.4 is 0 Å². The summed E-state index contributed by atoms with van der Waals surface area (Å²) < 4.78 is 2.26. The lowest BCUT2D eigenvalue weighted by Gasteiger charge is -2.11. The van der Waals surface area contributed by atoms with E-state index < -0.39 is 0 Å². The van der Waals surface area contributed by atoms with Gasteiger partial charge >= 0.3 is 0 Å². The van der Waals surface area contributed by atoms with Crippen molar-refractivity contribution in [2.45, 2.75) is 34.6 Å². The van der Waals surface area contributed by atoms with E-state index in [4.69, 9.17) is 0 Å². The van der Waals surface area contributed by atoms with E-state index in [-0.39, 0.29) is 5.78 Å². The number of aromatic nitrogens is 1. The van der Waals surface area contributed by atoms with E-state index in [1.165, 1.54) is 22.5 Å². The van der Waals surface area contributed by atoms with Gasteiger partial charge in [0.15, 0.2) is 5.78 Å². The zero-order chi connectivity index (χ0) is 18.8. The van der Waals surface area contributed by atoms with Crippen molar-refractivity contribution < 1.29 is 4.79 Å². The van der Waals surface area contributed by atoms with Crippen LogP contribution in [0.4, 0.5) is 5.69 Å². The molecule has 3 rings (SSSR count). The Kier molecular flexibility index (Phi) is 4.90. The fourth-order valence-electron chi connectivity index (χ4n) is 3.34. The van der Waals surface area contributed by atoms with Gasteiger partial charge < -0.3 is 4.57 Å². The molecule has 0 saturated heterocycles. The molecular weight excluding hydrogens is 320 g/mol. The van der Waals surface area contributed by atoms with E-state index in [2.05, 4.69) is 61.5 Å². The first kappa shape index (κ1) is 17.9. The summed E-state index contributed by atoms with van der Waals surface area (Å²) in [6.07, 6.45) is 1.88. The molecule has 0 amide bonds.